The third-order valence-electron chi connectivity index (χ3n) is 3.90. The lowest BCUT2D eigenvalue weighted by molar-refractivity contribution is 0.0935. The first-order valence-corrected chi connectivity index (χ1v) is 7.00. The molecule has 1 saturated heterocycles. The van der Waals surface area contributed by atoms with Crippen molar-refractivity contribution < 1.29 is 4.79 Å². The molecular weight excluding hydrogens is 226 g/mol. The highest BCUT2D eigenvalue weighted by atomic mass is 16.1. The quantitative estimate of drug-likeness (QED) is 0.848. The standard InChI is InChI=1S/C14H21N3O/c18-14(16-10-11-3-1-7-15-9-11)13-4-2-8-17(13)12-5-6-12/h2,4,8,11-12,15H,1,3,5-7,9-10H2,(H,16,18)/t11-/m0/s1. The van der Waals surface area contributed by atoms with E-state index < -0.39 is 0 Å². The molecule has 4 heteroatoms. The number of hydrogen-bond donors (Lipinski definition) is 2. The number of rotatable bonds is 4. The van der Waals surface area contributed by atoms with Crippen LogP contribution in [0.15, 0.2) is 18.3 Å². The molecule has 1 amide bonds. The van der Waals surface area contributed by atoms with Crippen molar-refractivity contribution in [2.24, 2.45) is 5.92 Å². The average Bonchev–Trinajstić information content (AvgIpc) is 3.14. The van der Waals surface area contributed by atoms with Crippen molar-refractivity contribution >= 4 is 5.91 Å². The molecule has 2 N–H and O–H groups in total. The predicted octanol–water partition coefficient (Wildman–Crippen LogP) is 1.55. The Morgan fingerprint density at radius 2 is 2.33 bits per heavy atom. The number of nitrogens with zero attached hydrogens (tertiary/aromatic N) is 1. The Balaban J connectivity index is 1.55. The molecule has 1 aromatic rings. The van der Waals surface area contributed by atoms with Crippen molar-refractivity contribution in [3.05, 3.63) is 24.0 Å². The third-order valence-corrected chi connectivity index (χ3v) is 3.90. The maximum Gasteiger partial charge on any atom is 0.267 e. The average molecular weight is 247 g/mol. The van der Waals surface area contributed by atoms with Crippen LogP contribution in [0.4, 0.5) is 0 Å². The Morgan fingerprint density at radius 1 is 1.44 bits per heavy atom. The summed E-state index contributed by atoms with van der Waals surface area (Å²) in [6.07, 6.45) is 6.88. The zero-order chi connectivity index (χ0) is 12.4. The Hall–Kier alpha value is -1.29. The number of carbonyl (C=O) groups is 1. The van der Waals surface area contributed by atoms with Gasteiger partial charge in [0.25, 0.3) is 5.91 Å². The van der Waals surface area contributed by atoms with Gasteiger partial charge in [-0.05, 0) is 56.8 Å². The number of hydrogen-bond acceptors (Lipinski definition) is 2. The van der Waals surface area contributed by atoms with E-state index in [0.717, 1.165) is 25.3 Å². The van der Waals surface area contributed by atoms with Gasteiger partial charge in [-0.2, -0.15) is 0 Å². The number of nitrogens with one attached hydrogen (secondary N) is 2. The van der Waals surface area contributed by atoms with Gasteiger partial charge in [0.1, 0.15) is 5.69 Å². The molecule has 0 aromatic carbocycles. The van der Waals surface area contributed by atoms with Crippen molar-refractivity contribution in [2.45, 2.75) is 31.7 Å². The van der Waals surface area contributed by atoms with Crippen molar-refractivity contribution in [1.29, 1.82) is 0 Å². The summed E-state index contributed by atoms with van der Waals surface area (Å²) in [6, 6.07) is 4.46. The fraction of sp³-hybridized carbons (Fsp3) is 0.643. The summed E-state index contributed by atoms with van der Waals surface area (Å²) in [6.45, 7) is 2.95. The van der Waals surface area contributed by atoms with Crippen LogP contribution >= 0.6 is 0 Å². The minimum Gasteiger partial charge on any atom is -0.350 e. The highest BCUT2D eigenvalue weighted by Gasteiger charge is 2.26. The molecular formula is C14H21N3O. The van der Waals surface area contributed by atoms with Gasteiger partial charge in [0.2, 0.25) is 0 Å². The van der Waals surface area contributed by atoms with Gasteiger partial charge in [0.15, 0.2) is 0 Å². The molecule has 2 aliphatic rings. The summed E-state index contributed by atoms with van der Waals surface area (Å²) < 4.78 is 2.12. The zero-order valence-corrected chi connectivity index (χ0v) is 10.7. The molecule has 4 nitrogen and oxygen atoms in total. The van der Waals surface area contributed by atoms with Crippen molar-refractivity contribution in [3.63, 3.8) is 0 Å². The minimum atomic E-state index is 0.0810. The van der Waals surface area contributed by atoms with Gasteiger partial charge in [-0.1, -0.05) is 0 Å². The van der Waals surface area contributed by atoms with Gasteiger partial charge in [0.05, 0.1) is 0 Å². The Labute approximate surface area is 108 Å². The van der Waals surface area contributed by atoms with E-state index in [0.29, 0.717) is 12.0 Å². The van der Waals surface area contributed by atoms with Gasteiger partial charge in [0, 0.05) is 18.8 Å². The Bertz CT molecular complexity index is 416. The maximum absolute atomic E-state index is 12.1. The summed E-state index contributed by atoms with van der Waals surface area (Å²) in [5, 5.41) is 6.45. The van der Waals surface area contributed by atoms with Gasteiger partial charge in [-0.25, -0.2) is 0 Å². The number of amides is 1. The molecule has 2 fully saturated rings. The Morgan fingerprint density at radius 3 is 3.06 bits per heavy atom. The van der Waals surface area contributed by atoms with Crippen LogP contribution in [-0.4, -0.2) is 30.1 Å². The van der Waals surface area contributed by atoms with Crippen molar-refractivity contribution in [3.8, 4) is 0 Å². The van der Waals surface area contributed by atoms with Crippen LogP contribution in [0.2, 0.25) is 0 Å². The Kier molecular flexibility index (Phi) is 3.37. The molecule has 1 aliphatic heterocycles. The molecule has 3 rings (SSSR count). The van der Waals surface area contributed by atoms with E-state index in [9.17, 15) is 4.79 Å². The number of carbonyl (C=O) groups excluding carboxylic acids is 1. The highest BCUT2D eigenvalue weighted by molar-refractivity contribution is 5.92. The molecule has 18 heavy (non-hydrogen) atoms. The topological polar surface area (TPSA) is 46.1 Å². The van der Waals surface area contributed by atoms with Crippen LogP contribution in [0.1, 0.15) is 42.2 Å². The normalized spacial score (nSPS) is 23.9. The van der Waals surface area contributed by atoms with Crippen LogP contribution in [0.25, 0.3) is 0 Å². The molecule has 0 spiro atoms. The van der Waals surface area contributed by atoms with Crippen LogP contribution < -0.4 is 10.6 Å². The van der Waals surface area contributed by atoms with Crippen molar-refractivity contribution in [1.82, 2.24) is 15.2 Å². The minimum absolute atomic E-state index is 0.0810. The molecule has 1 atom stereocenters. The fourth-order valence-electron chi connectivity index (χ4n) is 2.68. The lowest BCUT2D eigenvalue weighted by Crippen LogP contribution is -2.38. The van der Waals surface area contributed by atoms with Crippen LogP contribution in [0, 0.1) is 5.92 Å². The monoisotopic (exact) mass is 247 g/mol. The summed E-state index contributed by atoms with van der Waals surface area (Å²) >= 11 is 0. The second-order valence-electron chi connectivity index (χ2n) is 5.45. The van der Waals surface area contributed by atoms with E-state index >= 15 is 0 Å². The predicted molar refractivity (Wildman–Crippen MR) is 70.6 cm³/mol. The fourth-order valence-corrected chi connectivity index (χ4v) is 2.68. The second kappa shape index (κ2) is 5.14. The molecule has 1 aliphatic carbocycles. The smallest absolute Gasteiger partial charge is 0.267 e. The summed E-state index contributed by atoms with van der Waals surface area (Å²) in [4.78, 5) is 12.1. The first-order chi connectivity index (χ1) is 8.84. The van der Waals surface area contributed by atoms with Gasteiger partial charge >= 0.3 is 0 Å². The van der Waals surface area contributed by atoms with Gasteiger partial charge in [-0.15, -0.1) is 0 Å². The summed E-state index contributed by atoms with van der Waals surface area (Å²) in [5.74, 6) is 0.671. The second-order valence-corrected chi connectivity index (χ2v) is 5.45. The maximum atomic E-state index is 12.1. The molecule has 1 saturated carbocycles. The van der Waals surface area contributed by atoms with E-state index in [1.807, 2.05) is 18.3 Å². The lowest BCUT2D eigenvalue weighted by Gasteiger charge is -2.23. The van der Waals surface area contributed by atoms with E-state index in [1.54, 1.807) is 0 Å². The van der Waals surface area contributed by atoms with E-state index in [2.05, 4.69) is 15.2 Å². The molecule has 0 unspecified atom stereocenters. The van der Waals surface area contributed by atoms with Crippen molar-refractivity contribution in [2.75, 3.05) is 19.6 Å². The molecule has 2 heterocycles. The van der Waals surface area contributed by atoms with E-state index in [4.69, 9.17) is 0 Å². The van der Waals surface area contributed by atoms with Crippen LogP contribution in [-0.2, 0) is 0 Å². The first kappa shape index (κ1) is 11.8. The van der Waals surface area contributed by atoms with Gasteiger partial charge < -0.3 is 15.2 Å². The summed E-state index contributed by atoms with van der Waals surface area (Å²) in [7, 11) is 0. The molecule has 98 valence electrons. The van der Waals surface area contributed by atoms with Gasteiger partial charge in [-0.3, -0.25) is 4.79 Å². The largest absolute Gasteiger partial charge is 0.350 e. The number of aromatic nitrogens is 1. The highest BCUT2D eigenvalue weighted by Crippen LogP contribution is 2.35. The van der Waals surface area contributed by atoms with E-state index in [-0.39, 0.29) is 5.91 Å². The molecule has 1 aromatic heterocycles. The lowest BCUT2D eigenvalue weighted by atomic mass is 10.00. The van der Waals surface area contributed by atoms with Crippen LogP contribution in [0.5, 0.6) is 0 Å². The third kappa shape index (κ3) is 2.58. The van der Waals surface area contributed by atoms with Crippen LogP contribution in [0.3, 0.4) is 0 Å². The van der Waals surface area contributed by atoms with E-state index in [1.165, 1.54) is 25.7 Å². The zero-order valence-electron chi connectivity index (χ0n) is 10.7. The number of piperidine rings is 1. The first-order valence-electron chi connectivity index (χ1n) is 7.00. The molecule has 0 bridgehead atoms. The SMILES string of the molecule is O=C(NC[C@H]1CCCNC1)c1cccn1C1CC1. The molecule has 0 radical (unpaired) electrons. The summed E-state index contributed by atoms with van der Waals surface area (Å²) in [5.41, 5.74) is 0.821.